The van der Waals surface area contributed by atoms with Crippen LogP contribution in [0.15, 0.2) is 72.9 Å². The number of carboxylic acid groups (broad SMARTS) is 1. The van der Waals surface area contributed by atoms with E-state index in [9.17, 15) is 15.0 Å². The Bertz CT molecular complexity index is 493. The predicted octanol–water partition coefficient (Wildman–Crippen LogP) is 4.19. The largest absolute Gasteiger partial charge is 0.550 e. The average Bonchev–Trinajstić information content (AvgIpc) is 2.58. The van der Waals surface area contributed by atoms with Gasteiger partial charge in [-0.2, -0.15) is 0 Å². The third-order valence-electron chi connectivity index (χ3n) is 3.19. The van der Waals surface area contributed by atoms with E-state index in [2.05, 4.69) is 37.3 Å². The number of carbonyl (C=O) groups is 1. The number of hydrogen-bond acceptors (Lipinski definition) is 3. The van der Waals surface area contributed by atoms with Gasteiger partial charge in [0.1, 0.15) is 0 Å². The Labute approximate surface area is 152 Å². The third-order valence-corrected chi connectivity index (χ3v) is 3.19. The van der Waals surface area contributed by atoms with Crippen molar-refractivity contribution in [1.29, 1.82) is 0 Å². The molecule has 0 bridgehead atoms. The highest BCUT2D eigenvalue weighted by molar-refractivity contribution is 5.64. The second kappa shape index (κ2) is 18.2. The van der Waals surface area contributed by atoms with Crippen LogP contribution in [0.1, 0.15) is 51.9 Å². The van der Waals surface area contributed by atoms with E-state index in [4.69, 9.17) is 0 Å². The van der Waals surface area contributed by atoms with Crippen LogP contribution in [0.25, 0.3) is 0 Å². The van der Waals surface area contributed by atoms with E-state index in [1.54, 1.807) is 6.08 Å². The van der Waals surface area contributed by atoms with Crippen LogP contribution in [0.2, 0.25) is 0 Å². The summed E-state index contributed by atoms with van der Waals surface area (Å²) in [4.78, 5) is 10.2. The van der Waals surface area contributed by atoms with Gasteiger partial charge < -0.3 is 15.0 Å². The van der Waals surface area contributed by atoms with E-state index >= 15 is 0 Å². The summed E-state index contributed by atoms with van der Waals surface area (Å²) in [5.41, 5.74) is 0. The highest BCUT2D eigenvalue weighted by Gasteiger charge is 1.92. The van der Waals surface area contributed by atoms with E-state index < -0.39 is 12.1 Å². The zero-order valence-corrected chi connectivity index (χ0v) is 15.2. The molecule has 0 aromatic rings. The first-order chi connectivity index (χ1) is 12.2. The Kier molecular flexibility index (Phi) is 16.7. The van der Waals surface area contributed by atoms with Gasteiger partial charge in [-0.05, 0) is 44.9 Å². The van der Waals surface area contributed by atoms with E-state index in [1.807, 2.05) is 36.5 Å². The number of hydrogen-bond donors (Lipinski definition) is 1. The molecule has 0 aliphatic heterocycles. The summed E-state index contributed by atoms with van der Waals surface area (Å²) in [6, 6.07) is 0. The lowest BCUT2D eigenvalue weighted by Gasteiger charge is -1.98. The summed E-state index contributed by atoms with van der Waals surface area (Å²) in [5, 5.41) is 19.9. The van der Waals surface area contributed by atoms with Crippen LogP contribution in [-0.2, 0) is 4.79 Å². The Balaban J connectivity index is 3.66. The third kappa shape index (κ3) is 19.8. The maximum absolute atomic E-state index is 10.2. The molecule has 138 valence electrons. The van der Waals surface area contributed by atoms with Crippen LogP contribution in [-0.4, -0.2) is 17.2 Å². The van der Waals surface area contributed by atoms with Crippen LogP contribution in [0.4, 0.5) is 0 Å². The highest BCUT2D eigenvalue weighted by atomic mass is 16.4. The molecule has 25 heavy (non-hydrogen) atoms. The van der Waals surface area contributed by atoms with Gasteiger partial charge in [-0.3, -0.25) is 0 Å². The Hall–Kier alpha value is -2.13. The average molecular weight is 343 g/mol. The van der Waals surface area contributed by atoms with Gasteiger partial charge in [0.25, 0.3) is 0 Å². The molecule has 3 heteroatoms. The first-order valence-electron chi connectivity index (χ1n) is 8.98. The zero-order valence-electron chi connectivity index (χ0n) is 15.2. The Morgan fingerprint density at radius 3 is 2.08 bits per heavy atom. The van der Waals surface area contributed by atoms with E-state index in [0.29, 0.717) is 12.8 Å². The van der Waals surface area contributed by atoms with Gasteiger partial charge >= 0.3 is 0 Å². The summed E-state index contributed by atoms with van der Waals surface area (Å²) in [5.74, 6) is -1.00. The molecule has 0 unspecified atom stereocenters. The Morgan fingerprint density at radius 2 is 1.48 bits per heavy atom. The van der Waals surface area contributed by atoms with Gasteiger partial charge in [-0.15, -0.1) is 0 Å². The lowest BCUT2D eigenvalue weighted by molar-refractivity contribution is -0.305. The standard InChI is InChI=1S/C22H32O3/c1-2-3-15-18-21(23)19-16-13-11-9-7-5-4-6-8-10-12-14-17-20-22(24)25/h3,5-8,11-16,19,21,23H,2,4,9-10,17-18,20H2,1H3,(H,24,25)/p-1/b7-5-,8-6-,13-11-,14-12-,15-3-,19-16+/t21-/m1/s1. The van der Waals surface area contributed by atoms with Gasteiger partial charge in [0.15, 0.2) is 0 Å². The second-order valence-electron chi connectivity index (χ2n) is 5.53. The first kappa shape index (κ1) is 22.9. The maximum atomic E-state index is 10.2. The van der Waals surface area contributed by atoms with Crippen molar-refractivity contribution >= 4 is 5.97 Å². The van der Waals surface area contributed by atoms with Crippen molar-refractivity contribution in [2.75, 3.05) is 0 Å². The number of allylic oxidation sites excluding steroid dienone is 10. The van der Waals surface area contributed by atoms with Gasteiger partial charge in [-0.1, -0.05) is 79.8 Å². The fourth-order valence-electron chi connectivity index (χ4n) is 1.87. The molecule has 1 atom stereocenters. The van der Waals surface area contributed by atoms with Crippen molar-refractivity contribution in [3.05, 3.63) is 72.9 Å². The SMILES string of the molecule is CC/C=C\C[C@@H](O)/C=C/C=C\C/C=C\C/C=C\C/C=C\CCC(=O)[O-]. The van der Waals surface area contributed by atoms with Crippen molar-refractivity contribution in [2.45, 2.75) is 58.0 Å². The molecule has 1 N–H and O–H groups in total. The molecular formula is C22H31O3-. The summed E-state index contributed by atoms with van der Waals surface area (Å²) in [6.45, 7) is 2.07. The van der Waals surface area contributed by atoms with E-state index in [0.717, 1.165) is 25.7 Å². The number of carbonyl (C=O) groups excluding carboxylic acids is 1. The lowest BCUT2D eigenvalue weighted by Crippen LogP contribution is -2.21. The summed E-state index contributed by atoms with van der Waals surface area (Å²) >= 11 is 0. The topological polar surface area (TPSA) is 60.4 Å². The molecule has 0 aromatic carbocycles. The lowest BCUT2D eigenvalue weighted by atomic mass is 10.2. The molecule has 0 fully saturated rings. The van der Waals surface area contributed by atoms with Crippen LogP contribution in [0.5, 0.6) is 0 Å². The van der Waals surface area contributed by atoms with Crippen molar-refractivity contribution in [3.8, 4) is 0 Å². The van der Waals surface area contributed by atoms with Crippen LogP contribution < -0.4 is 5.11 Å². The number of aliphatic hydroxyl groups excluding tert-OH is 1. The minimum atomic E-state index is -1.00. The number of aliphatic hydroxyl groups is 1. The van der Waals surface area contributed by atoms with Crippen LogP contribution >= 0.6 is 0 Å². The molecule has 0 heterocycles. The number of aliphatic carboxylic acids is 1. The minimum Gasteiger partial charge on any atom is -0.550 e. The Morgan fingerprint density at radius 1 is 0.880 bits per heavy atom. The second-order valence-corrected chi connectivity index (χ2v) is 5.53. The summed E-state index contributed by atoms with van der Waals surface area (Å²) in [7, 11) is 0. The van der Waals surface area contributed by atoms with Crippen molar-refractivity contribution < 1.29 is 15.0 Å². The minimum absolute atomic E-state index is 0.0839. The molecule has 0 aromatic heterocycles. The van der Waals surface area contributed by atoms with Gasteiger partial charge in [-0.25, -0.2) is 0 Å². The van der Waals surface area contributed by atoms with Crippen molar-refractivity contribution in [1.82, 2.24) is 0 Å². The fraction of sp³-hybridized carbons (Fsp3) is 0.409. The molecule has 0 aliphatic rings. The molecule has 0 saturated heterocycles. The quantitative estimate of drug-likeness (QED) is 0.380. The van der Waals surface area contributed by atoms with E-state index in [1.165, 1.54) is 0 Å². The van der Waals surface area contributed by atoms with Gasteiger partial charge in [0, 0.05) is 5.97 Å². The molecule has 0 aliphatic carbocycles. The molecule has 0 amide bonds. The highest BCUT2D eigenvalue weighted by Crippen LogP contribution is 1.98. The molecule has 0 rings (SSSR count). The maximum Gasteiger partial charge on any atom is 0.0758 e. The van der Waals surface area contributed by atoms with E-state index in [-0.39, 0.29) is 6.42 Å². The van der Waals surface area contributed by atoms with Gasteiger partial charge in [0.2, 0.25) is 0 Å². The molecular weight excluding hydrogens is 312 g/mol. The molecule has 0 radical (unpaired) electrons. The molecule has 0 saturated carbocycles. The normalized spacial score (nSPS) is 14.3. The van der Waals surface area contributed by atoms with Crippen LogP contribution in [0.3, 0.4) is 0 Å². The van der Waals surface area contributed by atoms with Gasteiger partial charge in [0.05, 0.1) is 6.10 Å². The number of carboxylic acids is 1. The summed E-state index contributed by atoms with van der Waals surface area (Å²) < 4.78 is 0. The molecule has 0 spiro atoms. The monoisotopic (exact) mass is 343 g/mol. The predicted molar refractivity (Wildman–Crippen MR) is 104 cm³/mol. The van der Waals surface area contributed by atoms with Crippen LogP contribution in [0, 0.1) is 0 Å². The van der Waals surface area contributed by atoms with Crippen molar-refractivity contribution in [3.63, 3.8) is 0 Å². The summed E-state index contributed by atoms with van der Waals surface area (Å²) in [6.07, 6.45) is 28.4. The van der Waals surface area contributed by atoms with Crippen molar-refractivity contribution in [2.24, 2.45) is 0 Å². The number of rotatable bonds is 14. The smallest absolute Gasteiger partial charge is 0.0758 e. The first-order valence-corrected chi connectivity index (χ1v) is 8.98. The zero-order chi connectivity index (χ0) is 18.6. The molecule has 3 nitrogen and oxygen atoms in total. The fourth-order valence-corrected chi connectivity index (χ4v) is 1.87.